The number of nitrogens with one attached hydrogen (secondary N) is 1. The van der Waals surface area contributed by atoms with E-state index < -0.39 is 12.6 Å². The van der Waals surface area contributed by atoms with E-state index in [-0.39, 0.29) is 12.5 Å². The number of rotatable bonds is 6. The van der Waals surface area contributed by atoms with Gasteiger partial charge >= 0.3 is 6.18 Å². The maximum absolute atomic E-state index is 11.8. The van der Waals surface area contributed by atoms with Crippen LogP contribution in [0.3, 0.4) is 0 Å². The van der Waals surface area contributed by atoms with E-state index in [0.29, 0.717) is 18.3 Å². The summed E-state index contributed by atoms with van der Waals surface area (Å²) in [6.45, 7) is 4.35. The van der Waals surface area contributed by atoms with Crippen molar-refractivity contribution < 1.29 is 13.2 Å². The molecule has 1 N–H and O–H groups in total. The first kappa shape index (κ1) is 14.0. The lowest BCUT2D eigenvalue weighted by atomic mass is 10.1. The monoisotopic (exact) mass is 231 g/mol. The fraction of sp³-hybridized carbons (Fsp3) is 1.00. The Morgan fingerprint density at radius 1 is 1.29 bits per heavy atom. The molecule has 5 heteroatoms. The molecule has 0 radical (unpaired) electrons. The van der Waals surface area contributed by atoms with Gasteiger partial charge in [-0.05, 0) is 18.9 Å². The highest BCUT2D eigenvalue weighted by Crippen LogP contribution is 2.20. The molecule has 86 valence electrons. The molecule has 0 aliphatic rings. The summed E-state index contributed by atoms with van der Waals surface area (Å²) in [5.41, 5.74) is 0. The van der Waals surface area contributed by atoms with Crippen LogP contribution >= 0.6 is 11.6 Å². The Bertz CT molecular complexity index is 147. The molecule has 1 unspecified atom stereocenters. The zero-order valence-electron chi connectivity index (χ0n) is 8.49. The summed E-state index contributed by atoms with van der Waals surface area (Å²) in [6, 6.07) is 0.102. The van der Waals surface area contributed by atoms with Crippen LogP contribution in [0.25, 0.3) is 0 Å². The van der Waals surface area contributed by atoms with Crippen molar-refractivity contribution >= 4 is 11.6 Å². The Kier molecular flexibility index (Phi) is 6.53. The average molecular weight is 232 g/mol. The van der Waals surface area contributed by atoms with Gasteiger partial charge in [0.1, 0.15) is 0 Å². The van der Waals surface area contributed by atoms with Crippen LogP contribution < -0.4 is 5.32 Å². The van der Waals surface area contributed by atoms with Crippen molar-refractivity contribution in [1.29, 1.82) is 0 Å². The second kappa shape index (κ2) is 6.51. The molecule has 0 saturated heterocycles. The number of halogens is 4. The van der Waals surface area contributed by atoms with Crippen molar-refractivity contribution in [1.82, 2.24) is 5.32 Å². The van der Waals surface area contributed by atoms with Gasteiger partial charge in [-0.3, -0.25) is 0 Å². The summed E-state index contributed by atoms with van der Waals surface area (Å²) in [5.74, 6) is 0.780. The second-order valence-corrected chi connectivity index (χ2v) is 3.99. The summed E-state index contributed by atoms with van der Waals surface area (Å²) >= 11 is 5.65. The maximum atomic E-state index is 11.8. The predicted octanol–water partition coefficient (Wildman–Crippen LogP) is 3.18. The third-order valence-electron chi connectivity index (χ3n) is 2.01. The van der Waals surface area contributed by atoms with Crippen LogP contribution in [0.1, 0.15) is 26.7 Å². The SMILES string of the molecule is CC(C)C(CCl)NCCCC(F)(F)F. The zero-order chi connectivity index (χ0) is 11.2. The van der Waals surface area contributed by atoms with Crippen molar-refractivity contribution in [2.75, 3.05) is 12.4 Å². The van der Waals surface area contributed by atoms with Gasteiger partial charge in [-0.2, -0.15) is 13.2 Å². The molecule has 0 bridgehead atoms. The van der Waals surface area contributed by atoms with E-state index in [1.54, 1.807) is 0 Å². The minimum Gasteiger partial charge on any atom is -0.313 e. The van der Waals surface area contributed by atoms with Crippen LogP contribution in [0.4, 0.5) is 13.2 Å². The molecule has 1 nitrogen and oxygen atoms in total. The van der Waals surface area contributed by atoms with E-state index in [1.807, 2.05) is 13.8 Å². The molecule has 0 aromatic rings. The third kappa shape index (κ3) is 7.44. The largest absolute Gasteiger partial charge is 0.389 e. The van der Waals surface area contributed by atoms with Gasteiger partial charge in [-0.1, -0.05) is 13.8 Å². The summed E-state index contributed by atoms with van der Waals surface area (Å²) in [5, 5.41) is 3.01. The lowest BCUT2D eigenvalue weighted by Gasteiger charge is -2.19. The Morgan fingerprint density at radius 3 is 2.21 bits per heavy atom. The smallest absolute Gasteiger partial charge is 0.313 e. The van der Waals surface area contributed by atoms with E-state index in [2.05, 4.69) is 5.32 Å². The quantitative estimate of drug-likeness (QED) is 0.547. The van der Waals surface area contributed by atoms with Crippen LogP contribution in [0.5, 0.6) is 0 Å². The molecule has 0 spiro atoms. The first-order valence-electron chi connectivity index (χ1n) is 4.73. The maximum Gasteiger partial charge on any atom is 0.389 e. The molecule has 0 aliphatic carbocycles. The summed E-state index contributed by atoms with van der Waals surface area (Å²) in [4.78, 5) is 0. The van der Waals surface area contributed by atoms with Crippen LogP contribution in [0, 0.1) is 5.92 Å². The van der Waals surface area contributed by atoms with Gasteiger partial charge in [0.2, 0.25) is 0 Å². The standard InChI is InChI=1S/C9H17ClF3N/c1-7(2)8(6-10)14-5-3-4-9(11,12)13/h7-8,14H,3-6H2,1-2H3. The molecule has 0 aliphatic heterocycles. The molecule has 0 heterocycles. The van der Waals surface area contributed by atoms with Crippen molar-refractivity contribution in [3.05, 3.63) is 0 Å². The number of hydrogen-bond donors (Lipinski definition) is 1. The molecular formula is C9H17ClF3N. The second-order valence-electron chi connectivity index (χ2n) is 3.68. The van der Waals surface area contributed by atoms with Gasteiger partial charge in [-0.25, -0.2) is 0 Å². The van der Waals surface area contributed by atoms with Gasteiger partial charge < -0.3 is 5.32 Å². The van der Waals surface area contributed by atoms with E-state index in [4.69, 9.17) is 11.6 Å². The molecule has 0 aromatic carbocycles. The van der Waals surface area contributed by atoms with Gasteiger partial charge in [0, 0.05) is 18.3 Å². The summed E-state index contributed by atoms with van der Waals surface area (Å²) in [6.07, 6.45) is -4.66. The Hall–Kier alpha value is 0.0400. The summed E-state index contributed by atoms with van der Waals surface area (Å²) < 4.78 is 35.3. The highest BCUT2D eigenvalue weighted by atomic mass is 35.5. The Morgan fingerprint density at radius 2 is 1.86 bits per heavy atom. The van der Waals surface area contributed by atoms with Gasteiger partial charge in [0.25, 0.3) is 0 Å². The van der Waals surface area contributed by atoms with Crippen molar-refractivity contribution in [2.45, 2.75) is 38.9 Å². The van der Waals surface area contributed by atoms with Gasteiger partial charge in [0.15, 0.2) is 0 Å². The van der Waals surface area contributed by atoms with Crippen molar-refractivity contribution in [3.8, 4) is 0 Å². The van der Waals surface area contributed by atoms with Crippen LogP contribution in [-0.4, -0.2) is 24.6 Å². The van der Waals surface area contributed by atoms with E-state index in [9.17, 15) is 13.2 Å². The topological polar surface area (TPSA) is 12.0 Å². The van der Waals surface area contributed by atoms with E-state index in [0.717, 1.165) is 0 Å². The first-order chi connectivity index (χ1) is 6.37. The minimum atomic E-state index is -4.05. The first-order valence-corrected chi connectivity index (χ1v) is 5.26. The Balaban J connectivity index is 3.52. The van der Waals surface area contributed by atoms with E-state index in [1.165, 1.54) is 0 Å². The molecule has 14 heavy (non-hydrogen) atoms. The normalized spacial score (nSPS) is 14.8. The third-order valence-corrected chi connectivity index (χ3v) is 2.35. The van der Waals surface area contributed by atoms with E-state index >= 15 is 0 Å². The van der Waals surface area contributed by atoms with Crippen LogP contribution in [0.2, 0.25) is 0 Å². The lowest BCUT2D eigenvalue weighted by molar-refractivity contribution is -0.135. The van der Waals surface area contributed by atoms with Crippen molar-refractivity contribution in [3.63, 3.8) is 0 Å². The lowest BCUT2D eigenvalue weighted by Crippen LogP contribution is -2.36. The molecule has 0 rings (SSSR count). The molecule has 0 fully saturated rings. The fourth-order valence-corrected chi connectivity index (χ4v) is 1.51. The van der Waals surface area contributed by atoms with Crippen LogP contribution in [-0.2, 0) is 0 Å². The minimum absolute atomic E-state index is 0.102. The predicted molar refractivity (Wildman–Crippen MR) is 52.6 cm³/mol. The average Bonchev–Trinajstić information content (AvgIpc) is 2.01. The van der Waals surface area contributed by atoms with Gasteiger partial charge in [-0.15, -0.1) is 11.6 Å². The molecule has 0 saturated carbocycles. The van der Waals surface area contributed by atoms with Crippen molar-refractivity contribution in [2.24, 2.45) is 5.92 Å². The highest BCUT2D eigenvalue weighted by Gasteiger charge is 2.26. The Labute approximate surface area is 88.0 Å². The molecule has 0 aromatic heterocycles. The molecule has 0 amide bonds. The molecular weight excluding hydrogens is 215 g/mol. The van der Waals surface area contributed by atoms with Crippen LogP contribution in [0.15, 0.2) is 0 Å². The summed E-state index contributed by atoms with van der Waals surface area (Å²) in [7, 11) is 0. The zero-order valence-corrected chi connectivity index (χ0v) is 9.25. The fourth-order valence-electron chi connectivity index (χ4n) is 1.04. The van der Waals surface area contributed by atoms with Gasteiger partial charge in [0.05, 0.1) is 0 Å². The number of hydrogen-bond acceptors (Lipinski definition) is 1. The number of alkyl halides is 4. The highest BCUT2D eigenvalue weighted by molar-refractivity contribution is 6.18. The molecule has 1 atom stereocenters.